The van der Waals surface area contributed by atoms with Gasteiger partial charge in [0.2, 0.25) is 11.8 Å². The molecule has 0 radical (unpaired) electrons. The van der Waals surface area contributed by atoms with Crippen molar-refractivity contribution in [2.24, 2.45) is 0 Å². The predicted octanol–water partition coefficient (Wildman–Crippen LogP) is 3.08. The average molecular weight is 435 g/mol. The maximum atomic E-state index is 12.6. The third-order valence-electron chi connectivity index (χ3n) is 5.98. The van der Waals surface area contributed by atoms with Crippen LogP contribution in [0.2, 0.25) is 0 Å². The minimum atomic E-state index is -0.259. The standard InChI is InChI=1S/C26H34N4O2/c1-20-9-7-10-21(2)25(20)28-24(31)19-27-26(32)22(3)30-17-15-29(16-18-30)14-8-13-23-11-5-4-6-12-23/h4-13,22H,14-19H2,1-3H3,(H,27,32)(H,28,31)/b13-8+. The Bertz CT molecular complexity index is 914. The zero-order valence-electron chi connectivity index (χ0n) is 19.3. The van der Waals surface area contributed by atoms with E-state index in [1.807, 2.05) is 57.2 Å². The zero-order valence-corrected chi connectivity index (χ0v) is 19.3. The van der Waals surface area contributed by atoms with E-state index in [2.05, 4.69) is 44.7 Å². The van der Waals surface area contributed by atoms with Crippen LogP contribution in [0.25, 0.3) is 6.08 Å². The fourth-order valence-electron chi connectivity index (χ4n) is 3.91. The number of nitrogens with one attached hydrogen (secondary N) is 2. The number of nitrogens with zero attached hydrogens (tertiary/aromatic N) is 2. The second-order valence-electron chi connectivity index (χ2n) is 8.36. The number of hydrogen-bond donors (Lipinski definition) is 2. The maximum absolute atomic E-state index is 12.6. The molecule has 1 aliphatic heterocycles. The number of carbonyl (C=O) groups is 2. The number of para-hydroxylation sites is 1. The van der Waals surface area contributed by atoms with E-state index < -0.39 is 0 Å². The first-order chi connectivity index (χ1) is 15.4. The summed E-state index contributed by atoms with van der Waals surface area (Å²) in [7, 11) is 0. The molecule has 1 unspecified atom stereocenters. The summed E-state index contributed by atoms with van der Waals surface area (Å²) in [5.41, 5.74) is 4.04. The van der Waals surface area contributed by atoms with Crippen LogP contribution in [0.3, 0.4) is 0 Å². The molecule has 3 rings (SSSR count). The molecule has 170 valence electrons. The van der Waals surface area contributed by atoms with E-state index in [0.29, 0.717) is 0 Å². The van der Waals surface area contributed by atoms with Crippen molar-refractivity contribution >= 4 is 23.6 Å². The highest BCUT2D eigenvalue weighted by Gasteiger charge is 2.25. The monoisotopic (exact) mass is 434 g/mol. The summed E-state index contributed by atoms with van der Waals surface area (Å²) < 4.78 is 0. The summed E-state index contributed by atoms with van der Waals surface area (Å²) in [6.45, 7) is 10.2. The molecule has 0 aliphatic carbocycles. The van der Waals surface area contributed by atoms with E-state index in [0.717, 1.165) is 49.5 Å². The van der Waals surface area contributed by atoms with Gasteiger partial charge in [0, 0.05) is 38.4 Å². The Balaban J connectivity index is 1.39. The van der Waals surface area contributed by atoms with Crippen LogP contribution in [-0.2, 0) is 9.59 Å². The minimum absolute atomic E-state index is 0.0266. The SMILES string of the molecule is Cc1cccc(C)c1NC(=O)CNC(=O)C(C)N1CCN(C/C=C/c2ccccc2)CC1. The Morgan fingerprint density at radius 3 is 2.28 bits per heavy atom. The zero-order chi connectivity index (χ0) is 22.9. The molecule has 6 heteroatoms. The van der Waals surface area contributed by atoms with Gasteiger partial charge in [0.25, 0.3) is 0 Å². The molecule has 32 heavy (non-hydrogen) atoms. The molecule has 1 fully saturated rings. The lowest BCUT2D eigenvalue weighted by atomic mass is 10.1. The Morgan fingerprint density at radius 1 is 0.969 bits per heavy atom. The molecule has 0 spiro atoms. The average Bonchev–Trinajstić information content (AvgIpc) is 2.80. The van der Waals surface area contributed by atoms with Gasteiger partial charge in [0.05, 0.1) is 12.6 Å². The molecule has 1 heterocycles. The van der Waals surface area contributed by atoms with E-state index in [1.54, 1.807) is 0 Å². The van der Waals surface area contributed by atoms with Crippen molar-refractivity contribution in [3.63, 3.8) is 0 Å². The molecule has 0 bridgehead atoms. The largest absolute Gasteiger partial charge is 0.346 e. The van der Waals surface area contributed by atoms with Crippen LogP contribution < -0.4 is 10.6 Å². The van der Waals surface area contributed by atoms with E-state index >= 15 is 0 Å². The number of rotatable bonds is 8. The van der Waals surface area contributed by atoms with Gasteiger partial charge in [0.15, 0.2) is 0 Å². The van der Waals surface area contributed by atoms with Gasteiger partial charge in [-0.3, -0.25) is 19.4 Å². The van der Waals surface area contributed by atoms with Crippen molar-refractivity contribution in [1.29, 1.82) is 0 Å². The number of anilines is 1. The smallest absolute Gasteiger partial charge is 0.243 e. The number of carbonyl (C=O) groups excluding carboxylic acids is 2. The van der Waals surface area contributed by atoms with Gasteiger partial charge >= 0.3 is 0 Å². The number of amides is 2. The lowest BCUT2D eigenvalue weighted by Gasteiger charge is -2.37. The fraction of sp³-hybridized carbons (Fsp3) is 0.385. The molecule has 1 aliphatic rings. The lowest BCUT2D eigenvalue weighted by Crippen LogP contribution is -2.54. The highest BCUT2D eigenvalue weighted by Crippen LogP contribution is 2.19. The third-order valence-corrected chi connectivity index (χ3v) is 5.98. The van der Waals surface area contributed by atoms with Gasteiger partial charge in [-0.2, -0.15) is 0 Å². The number of aryl methyl sites for hydroxylation is 2. The Morgan fingerprint density at radius 2 is 1.62 bits per heavy atom. The van der Waals surface area contributed by atoms with Gasteiger partial charge in [0.1, 0.15) is 0 Å². The Kier molecular flexibility index (Phi) is 8.59. The third kappa shape index (κ3) is 6.77. The van der Waals surface area contributed by atoms with Crippen LogP contribution in [0.5, 0.6) is 0 Å². The topological polar surface area (TPSA) is 64.7 Å². The van der Waals surface area contributed by atoms with Crippen LogP contribution >= 0.6 is 0 Å². The van der Waals surface area contributed by atoms with Crippen LogP contribution in [0.4, 0.5) is 5.69 Å². The van der Waals surface area contributed by atoms with Crippen LogP contribution in [0, 0.1) is 13.8 Å². The summed E-state index contributed by atoms with van der Waals surface area (Å²) in [5, 5.41) is 5.69. The van der Waals surface area contributed by atoms with E-state index in [1.165, 1.54) is 5.56 Å². The van der Waals surface area contributed by atoms with Gasteiger partial charge in [-0.15, -0.1) is 0 Å². The first-order valence-corrected chi connectivity index (χ1v) is 11.3. The highest BCUT2D eigenvalue weighted by atomic mass is 16.2. The summed E-state index contributed by atoms with van der Waals surface area (Å²) in [6.07, 6.45) is 4.34. The predicted molar refractivity (Wildman–Crippen MR) is 131 cm³/mol. The highest BCUT2D eigenvalue weighted by molar-refractivity contribution is 5.96. The molecule has 0 saturated carbocycles. The molecule has 2 aromatic rings. The van der Waals surface area contributed by atoms with E-state index in [9.17, 15) is 9.59 Å². The molecule has 2 N–H and O–H groups in total. The first-order valence-electron chi connectivity index (χ1n) is 11.3. The van der Waals surface area contributed by atoms with E-state index in [-0.39, 0.29) is 24.4 Å². The molecule has 2 aromatic carbocycles. The van der Waals surface area contributed by atoms with Gasteiger partial charge in [-0.05, 0) is 37.5 Å². The van der Waals surface area contributed by atoms with Crippen molar-refractivity contribution in [2.75, 3.05) is 44.6 Å². The normalized spacial score (nSPS) is 16.1. The molecule has 6 nitrogen and oxygen atoms in total. The van der Waals surface area contributed by atoms with Crippen LogP contribution in [0.15, 0.2) is 54.6 Å². The maximum Gasteiger partial charge on any atom is 0.243 e. The molecular weight excluding hydrogens is 400 g/mol. The lowest BCUT2D eigenvalue weighted by molar-refractivity contribution is -0.128. The van der Waals surface area contributed by atoms with Crippen molar-refractivity contribution in [3.8, 4) is 0 Å². The molecule has 2 amide bonds. The second kappa shape index (κ2) is 11.6. The quantitative estimate of drug-likeness (QED) is 0.670. The number of hydrogen-bond acceptors (Lipinski definition) is 4. The molecular formula is C26H34N4O2. The summed E-state index contributed by atoms with van der Waals surface area (Å²) in [6, 6.07) is 15.9. The van der Waals surface area contributed by atoms with Gasteiger partial charge in [-0.1, -0.05) is 60.7 Å². The Labute approximate surface area is 191 Å². The molecule has 1 saturated heterocycles. The summed E-state index contributed by atoms with van der Waals surface area (Å²) in [4.78, 5) is 29.5. The van der Waals surface area contributed by atoms with Crippen molar-refractivity contribution < 1.29 is 9.59 Å². The van der Waals surface area contributed by atoms with Gasteiger partial charge in [-0.25, -0.2) is 0 Å². The number of piperazine rings is 1. The van der Waals surface area contributed by atoms with Crippen LogP contribution in [0.1, 0.15) is 23.6 Å². The summed E-state index contributed by atoms with van der Waals surface area (Å²) in [5.74, 6) is -0.322. The fourth-order valence-corrected chi connectivity index (χ4v) is 3.91. The second-order valence-corrected chi connectivity index (χ2v) is 8.36. The molecule has 0 aromatic heterocycles. The van der Waals surface area contributed by atoms with Crippen LogP contribution in [-0.4, -0.2) is 66.9 Å². The van der Waals surface area contributed by atoms with Crippen molar-refractivity contribution in [3.05, 3.63) is 71.3 Å². The minimum Gasteiger partial charge on any atom is -0.346 e. The van der Waals surface area contributed by atoms with Crippen molar-refractivity contribution in [1.82, 2.24) is 15.1 Å². The van der Waals surface area contributed by atoms with Crippen molar-refractivity contribution in [2.45, 2.75) is 26.8 Å². The molecule has 1 atom stereocenters. The first kappa shape index (κ1) is 23.7. The number of benzene rings is 2. The Hall–Kier alpha value is -2.96. The summed E-state index contributed by atoms with van der Waals surface area (Å²) >= 11 is 0. The van der Waals surface area contributed by atoms with E-state index in [4.69, 9.17) is 0 Å². The van der Waals surface area contributed by atoms with Gasteiger partial charge < -0.3 is 10.6 Å².